The van der Waals surface area contributed by atoms with Crippen molar-refractivity contribution >= 4 is 12.0 Å². The van der Waals surface area contributed by atoms with Gasteiger partial charge >= 0.3 is 0 Å². The van der Waals surface area contributed by atoms with Crippen LogP contribution in [0.25, 0.3) is 0 Å². The highest BCUT2D eigenvalue weighted by atomic mass is 16.3. The molecule has 0 fully saturated rings. The fourth-order valence-electron chi connectivity index (χ4n) is 2.29. The minimum atomic E-state index is -0.167. The van der Waals surface area contributed by atoms with Gasteiger partial charge in [0.05, 0.1) is 5.54 Å². The van der Waals surface area contributed by atoms with Crippen molar-refractivity contribution in [3.63, 3.8) is 0 Å². The molecule has 1 atom stereocenters. The van der Waals surface area contributed by atoms with Crippen LogP contribution in [0, 0.1) is 0 Å². The number of Topliss-reactive ketones (excluding diaryl/α,β-unsaturated/α-hetero) is 1. The number of rotatable bonds is 4. The number of carbonyl (C=O) groups excluding carboxylic acids is 1. The molecule has 0 spiro atoms. The van der Waals surface area contributed by atoms with Crippen LogP contribution in [0.1, 0.15) is 53.9 Å². The molecule has 0 aromatic rings. The average Bonchev–Trinajstić information content (AvgIpc) is 2.46. The van der Waals surface area contributed by atoms with Crippen LogP contribution in [0.2, 0.25) is 0 Å². The molecule has 1 N–H and O–H groups in total. The summed E-state index contributed by atoms with van der Waals surface area (Å²) in [7, 11) is 0. The van der Waals surface area contributed by atoms with Crippen LogP contribution < -0.4 is 0 Å². The first kappa shape index (κ1) is 19.3. The number of dihydropyridines is 1. The second-order valence-electron chi connectivity index (χ2n) is 6.52. The second kappa shape index (κ2) is 8.78. The van der Waals surface area contributed by atoms with Gasteiger partial charge < -0.3 is 5.11 Å². The van der Waals surface area contributed by atoms with E-state index in [9.17, 15) is 4.79 Å². The Kier molecular flexibility index (Phi) is 7.37. The minimum Gasteiger partial charge on any atom is -0.394 e. The highest BCUT2D eigenvalue weighted by molar-refractivity contribution is 5.82. The van der Waals surface area contributed by atoms with Crippen LogP contribution in [-0.2, 0) is 4.79 Å². The van der Waals surface area contributed by atoms with Crippen molar-refractivity contribution < 1.29 is 9.90 Å². The molecule has 23 heavy (non-hydrogen) atoms. The number of allylic oxidation sites excluding steroid dienone is 5. The summed E-state index contributed by atoms with van der Waals surface area (Å²) in [6, 6.07) is 0. The van der Waals surface area contributed by atoms with E-state index in [2.05, 4.69) is 32.1 Å². The maximum atomic E-state index is 10.9. The number of aliphatic imine (C=N–C) groups is 1. The Labute approximate surface area is 140 Å². The fraction of sp³-hybridized carbons (Fsp3) is 0.500. The van der Waals surface area contributed by atoms with Crippen molar-refractivity contribution in [1.29, 1.82) is 0 Å². The first-order valence-electron chi connectivity index (χ1n) is 8.29. The van der Waals surface area contributed by atoms with Crippen LogP contribution in [0.4, 0.5) is 0 Å². The van der Waals surface area contributed by atoms with Crippen molar-refractivity contribution in [3.8, 4) is 0 Å². The number of carbonyl (C=O) groups is 1. The zero-order chi connectivity index (χ0) is 17.5. The van der Waals surface area contributed by atoms with Gasteiger partial charge in [0.1, 0.15) is 5.78 Å². The lowest BCUT2D eigenvalue weighted by Gasteiger charge is -2.32. The zero-order valence-electron chi connectivity index (χ0n) is 15.0. The van der Waals surface area contributed by atoms with E-state index < -0.39 is 0 Å². The standard InChI is InChI=1S/C17H21NO.C3H8O/c1-4-14-10-16-11-15(7-5-6-13(2)19)8-9-17(16,3)18-12-14;1-3(2)4/h5,7-8,10-12H,4,6,9H2,1-3H3;3-4H,1-2H3/b7-5+;. The van der Waals surface area contributed by atoms with Crippen LogP contribution in [0.3, 0.4) is 0 Å². The van der Waals surface area contributed by atoms with E-state index in [1.54, 1.807) is 20.8 Å². The Morgan fingerprint density at radius 2 is 2.09 bits per heavy atom. The molecular weight excluding hydrogens is 286 g/mol. The molecular formula is C20H29NO2. The molecule has 1 heterocycles. The summed E-state index contributed by atoms with van der Waals surface area (Å²) >= 11 is 0. The molecule has 2 rings (SSSR count). The van der Waals surface area contributed by atoms with Crippen LogP contribution >= 0.6 is 0 Å². The smallest absolute Gasteiger partial charge is 0.133 e. The van der Waals surface area contributed by atoms with Gasteiger partial charge in [-0.05, 0) is 63.3 Å². The van der Waals surface area contributed by atoms with Gasteiger partial charge in [-0.1, -0.05) is 31.2 Å². The first-order chi connectivity index (χ1) is 10.8. The normalized spacial score (nSPS) is 22.8. The number of hydrogen-bond acceptors (Lipinski definition) is 3. The third kappa shape index (κ3) is 6.49. The predicted molar refractivity (Wildman–Crippen MR) is 97.8 cm³/mol. The van der Waals surface area contributed by atoms with Crippen molar-refractivity contribution in [2.24, 2.45) is 4.99 Å². The first-order valence-corrected chi connectivity index (χ1v) is 8.29. The third-order valence-electron chi connectivity index (χ3n) is 3.66. The number of ketones is 1. The molecule has 0 aromatic carbocycles. The summed E-state index contributed by atoms with van der Waals surface area (Å²) in [4.78, 5) is 15.6. The average molecular weight is 315 g/mol. The van der Waals surface area contributed by atoms with E-state index in [0.29, 0.717) is 6.42 Å². The minimum absolute atomic E-state index is 0.101. The van der Waals surface area contributed by atoms with Gasteiger partial charge in [-0.2, -0.15) is 0 Å². The SMILES string of the molecule is CC(C)O.CCC1=CC2=CC(/C=C/CC(C)=O)=CCC2(C)N=C1. The summed E-state index contributed by atoms with van der Waals surface area (Å²) < 4.78 is 0. The quantitative estimate of drug-likeness (QED) is 0.838. The van der Waals surface area contributed by atoms with E-state index in [-0.39, 0.29) is 17.4 Å². The van der Waals surface area contributed by atoms with Crippen molar-refractivity contribution in [1.82, 2.24) is 0 Å². The van der Waals surface area contributed by atoms with E-state index in [0.717, 1.165) is 12.8 Å². The molecule has 0 bridgehead atoms. The van der Waals surface area contributed by atoms with Gasteiger partial charge in [-0.3, -0.25) is 9.79 Å². The summed E-state index contributed by atoms with van der Waals surface area (Å²) in [5.41, 5.74) is 3.63. The van der Waals surface area contributed by atoms with E-state index in [4.69, 9.17) is 10.1 Å². The van der Waals surface area contributed by atoms with Crippen LogP contribution in [0.15, 0.2) is 52.1 Å². The number of aliphatic hydroxyl groups is 1. The number of fused-ring (bicyclic) bond motifs is 1. The molecule has 0 saturated carbocycles. The van der Waals surface area contributed by atoms with Gasteiger partial charge in [0.2, 0.25) is 0 Å². The molecule has 0 radical (unpaired) electrons. The molecule has 1 unspecified atom stereocenters. The van der Waals surface area contributed by atoms with Gasteiger partial charge in [0.15, 0.2) is 0 Å². The Morgan fingerprint density at radius 3 is 2.65 bits per heavy atom. The van der Waals surface area contributed by atoms with Gasteiger partial charge in [-0.25, -0.2) is 0 Å². The molecule has 1 aliphatic carbocycles. The summed E-state index contributed by atoms with van der Waals surface area (Å²) in [5, 5.41) is 8.06. The van der Waals surface area contributed by atoms with E-state index >= 15 is 0 Å². The molecule has 126 valence electrons. The van der Waals surface area contributed by atoms with Gasteiger partial charge in [0, 0.05) is 18.7 Å². The molecule has 2 aliphatic rings. The summed E-state index contributed by atoms with van der Waals surface area (Å²) in [5.74, 6) is 0.195. The highest BCUT2D eigenvalue weighted by Gasteiger charge is 2.30. The lowest BCUT2D eigenvalue weighted by Crippen LogP contribution is -2.28. The molecule has 0 amide bonds. The predicted octanol–water partition coefficient (Wildman–Crippen LogP) is 4.34. The monoisotopic (exact) mass is 315 g/mol. The van der Waals surface area contributed by atoms with Gasteiger partial charge in [-0.15, -0.1) is 0 Å². The Bertz CT molecular complexity index is 574. The third-order valence-corrected chi connectivity index (χ3v) is 3.66. The molecule has 0 saturated heterocycles. The van der Waals surface area contributed by atoms with E-state index in [1.165, 1.54) is 16.7 Å². The summed E-state index contributed by atoms with van der Waals surface area (Å²) in [6.07, 6.45) is 14.9. The molecule has 0 aromatic heterocycles. The lowest BCUT2D eigenvalue weighted by atomic mass is 9.80. The van der Waals surface area contributed by atoms with Crippen molar-refractivity contribution in [3.05, 3.63) is 47.1 Å². The lowest BCUT2D eigenvalue weighted by molar-refractivity contribution is -0.116. The number of nitrogens with zero attached hydrogens (tertiary/aromatic N) is 1. The highest BCUT2D eigenvalue weighted by Crippen LogP contribution is 2.35. The molecule has 3 heteroatoms. The van der Waals surface area contributed by atoms with Crippen molar-refractivity contribution in [2.75, 3.05) is 0 Å². The second-order valence-corrected chi connectivity index (χ2v) is 6.52. The maximum absolute atomic E-state index is 10.9. The number of hydrogen-bond donors (Lipinski definition) is 1. The fourth-order valence-corrected chi connectivity index (χ4v) is 2.29. The van der Waals surface area contributed by atoms with E-state index in [1.807, 2.05) is 18.4 Å². The molecule has 3 nitrogen and oxygen atoms in total. The van der Waals surface area contributed by atoms with Crippen molar-refractivity contribution in [2.45, 2.75) is 65.5 Å². The van der Waals surface area contributed by atoms with Crippen LogP contribution in [0.5, 0.6) is 0 Å². The Hall–Kier alpha value is -1.74. The topological polar surface area (TPSA) is 49.7 Å². The number of aliphatic hydroxyl groups excluding tert-OH is 1. The molecule has 1 aliphatic heterocycles. The van der Waals surface area contributed by atoms with Crippen LogP contribution in [-0.4, -0.2) is 28.7 Å². The van der Waals surface area contributed by atoms with Gasteiger partial charge in [0.25, 0.3) is 0 Å². The Balaban J connectivity index is 0.000000593. The maximum Gasteiger partial charge on any atom is 0.133 e. The largest absolute Gasteiger partial charge is 0.394 e. The zero-order valence-corrected chi connectivity index (χ0v) is 15.0. The Morgan fingerprint density at radius 1 is 1.43 bits per heavy atom. The summed E-state index contributed by atoms with van der Waals surface area (Å²) in [6.45, 7) is 9.37.